The minimum atomic E-state index is -0.157. The van der Waals surface area contributed by atoms with Crippen molar-refractivity contribution in [3.05, 3.63) is 110 Å². The highest BCUT2D eigenvalue weighted by Crippen LogP contribution is 2.18. The fraction of sp³-hybridized carbons (Fsp3) is 0.0800. The number of fused-ring (bicyclic) bond motifs is 1. The average molecular weight is 426 g/mol. The summed E-state index contributed by atoms with van der Waals surface area (Å²) in [4.78, 5) is 17.9. The second kappa shape index (κ2) is 8.16. The fourth-order valence-corrected chi connectivity index (χ4v) is 4.12. The summed E-state index contributed by atoms with van der Waals surface area (Å²) in [6, 6.07) is 25.7. The third-order valence-corrected chi connectivity index (χ3v) is 5.88. The number of hydrogen-bond donors (Lipinski definition) is 0. The molecule has 0 amide bonds. The van der Waals surface area contributed by atoms with E-state index in [2.05, 4.69) is 10.1 Å². The van der Waals surface area contributed by atoms with E-state index < -0.39 is 0 Å². The Morgan fingerprint density at radius 2 is 1.71 bits per heavy atom. The van der Waals surface area contributed by atoms with E-state index in [1.807, 2.05) is 91.9 Å². The van der Waals surface area contributed by atoms with Crippen molar-refractivity contribution >= 4 is 22.4 Å². The Kier molecular flexibility index (Phi) is 5.06. The molecular formula is C25H19N3O2S. The lowest BCUT2D eigenvalue weighted by Crippen LogP contribution is -2.23. The molecule has 0 saturated carbocycles. The lowest BCUT2D eigenvalue weighted by Gasteiger charge is -2.06. The number of hydrogen-bond acceptors (Lipinski definition) is 5. The Balaban J connectivity index is 1.37. The maximum atomic E-state index is 12.8. The van der Waals surface area contributed by atoms with Crippen LogP contribution in [0.4, 0.5) is 0 Å². The van der Waals surface area contributed by atoms with Gasteiger partial charge < -0.3 is 4.74 Å². The highest BCUT2D eigenvalue weighted by molar-refractivity contribution is 7.15. The molecule has 152 valence electrons. The Labute approximate surface area is 182 Å². The molecule has 5 nitrogen and oxygen atoms in total. The highest BCUT2D eigenvalue weighted by atomic mass is 32.1. The van der Waals surface area contributed by atoms with Crippen molar-refractivity contribution in [3.8, 4) is 17.1 Å². The van der Waals surface area contributed by atoms with Gasteiger partial charge in [-0.25, -0.2) is 0 Å². The number of aryl methyl sites for hydroxylation is 1. The maximum absolute atomic E-state index is 12.8. The first-order chi connectivity index (χ1) is 15.2. The smallest absolute Gasteiger partial charge is 0.291 e. The number of rotatable bonds is 5. The average Bonchev–Trinajstić information content (AvgIpc) is 3.34. The zero-order valence-corrected chi connectivity index (χ0v) is 17.7. The molecule has 0 fully saturated rings. The topological polar surface area (TPSA) is 56.5 Å². The monoisotopic (exact) mass is 425 g/mol. The van der Waals surface area contributed by atoms with Crippen molar-refractivity contribution < 1.29 is 4.74 Å². The molecule has 0 aliphatic carbocycles. The number of thiazole rings is 1. The lowest BCUT2D eigenvalue weighted by molar-refractivity contribution is 0.306. The largest absolute Gasteiger partial charge is 0.489 e. The zero-order valence-electron chi connectivity index (χ0n) is 16.9. The summed E-state index contributed by atoms with van der Waals surface area (Å²) < 4.78 is 7.80. The molecule has 0 bridgehead atoms. The second-order valence-electron chi connectivity index (χ2n) is 7.25. The number of benzene rings is 3. The van der Waals surface area contributed by atoms with Crippen molar-refractivity contribution in [3.63, 3.8) is 0 Å². The first kappa shape index (κ1) is 19.2. The zero-order chi connectivity index (χ0) is 21.2. The van der Waals surface area contributed by atoms with Crippen molar-refractivity contribution in [1.29, 1.82) is 0 Å². The number of ether oxygens (including phenoxy) is 1. The predicted molar refractivity (Wildman–Crippen MR) is 123 cm³/mol. The van der Waals surface area contributed by atoms with Gasteiger partial charge in [0.15, 0.2) is 5.82 Å². The standard InChI is InChI=1S/C25H19N3O2S/c1-17-7-11-20(12-8-17)23-26-25-28(27-23)24(29)22(31-25)15-18-9-13-21(14-10-18)30-16-19-5-3-2-4-6-19/h2-15H,16H2,1H3. The van der Waals surface area contributed by atoms with Crippen LogP contribution in [0.15, 0.2) is 83.7 Å². The van der Waals surface area contributed by atoms with Crippen LogP contribution in [0.5, 0.6) is 5.75 Å². The Hall–Kier alpha value is -3.77. The minimum Gasteiger partial charge on any atom is -0.489 e. The summed E-state index contributed by atoms with van der Waals surface area (Å²) in [5.74, 6) is 1.35. The van der Waals surface area contributed by atoms with Gasteiger partial charge in [0.1, 0.15) is 12.4 Å². The van der Waals surface area contributed by atoms with Crippen molar-refractivity contribution in [2.75, 3.05) is 0 Å². The SMILES string of the molecule is Cc1ccc(-c2nc3sc(=Cc4ccc(OCc5ccccc5)cc4)c(=O)n3n2)cc1. The molecule has 0 radical (unpaired) electrons. The van der Waals surface area contributed by atoms with Crippen LogP contribution in [0.3, 0.4) is 0 Å². The molecule has 3 aromatic carbocycles. The van der Waals surface area contributed by atoms with E-state index in [-0.39, 0.29) is 5.56 Å². The molecule has 0 aliphatic heterocycles. The first-order valence-electron chi connectivity index (χ1n) is 9.91. The molecule has 2 heterocycles. The Bertz CT molecular complexity index is 1440. The van der Waals surface area contributed by atoms with E-state index in [1.165, 1.54) is 21.4 Å². The number of aromatic nitrogens is 3. The molecule has 0 unspecified atom stereocenters. The van der Waals surface area contributed by atoms with E-state index in [1.54, 1.807) is 0 Å². The summed E-state index contributed by atoms with van der Waals surface area (Å²) in [7, 11) is 0. The third-order valence-electron chi connectivity index (χ3n) is 4.92. The summed E-state index contributed by atoms with van der Waals surface area (Å²) in [5.41, 5.74) is 3.96. The van der Waals surface area contributed by atoms with Gasteiger partial charge in [-0.05, 0) is 36.3 Å². The van der Waals surface area contributed by atoms with Gasteiger partial charge in [-0.15, -0.1) is 5.10 Å². The summed E-state index contributed by atoms with van der Waals surface area (Å²) in [6.45, 7) is 2.55. The van der Waals surface area contributed by atoms with Gasteiger partial charge in [0, 0.05) is 5.56 Å². The quantitative estimate of drug-likeness (QED) is 0.422. The van der Waals surface area contributed by atoms with Crippen LogP contribution >= 0.6 is 11.3 Å². The van der Waals surface area contributed by atoms with E-state index in [0.29, 0.717) is 21.9 Å². The van der Waals surface area contributed by atoms with Crippen LogP contribution in [-0.2, 0) is 6.61 Å². The van der Waals surface area contributed by atoms with Gasteiger partial charge in [0.2, 0.25) is 4.96 Å². The van der Waals surface area contributed by atoms with Gasteiger partial charge in [-0.1, -0.05) is 83.6 Å². The van der Waals surface area contributed by atoms with Crippen molar-refractivity contribution in [2.45, 2.75) is 13.5 Å². The lowest BCUT2D eigenvalue weighted by atomic mass is 10.1. The van der Waals surface area contributed by atoms with Crippen molar-refractivity contribution in [2.24, 2.45) is 0 Å². The van der Waals surface area contributed by atoms with Gasteiger partial charge >= 0.3 is 0 Å². The fourth-order valence-electron chi connectivity index (χ4n) is 3.21. The van der Waals surface area contributed by atoms with Crippen LogP contribution in [0.2, 0.25) is 0 Å². The van der Waals surface area contributed by atoms with Gasteiger partial charge in [0.25, 0.3) is 5.56 Å². The minimum absolute atomic E-state index is 0.157. The second-order valence-corrected chi connectivity index (χ2v) is 8.26. The van der Waals surface area contributed by atoms with Gasteiger partial charge in [0.05, 0.1) is 4.53 Å². The summed E-state index contributed by atoms with van der Waals surface area (Å²) in [5, 5.41) is 4.41. The van der Waals surface area contributed by atoms with Crippen LogP contribution in [0.1, 0.15) is 16.7 Å². The maximum Gasteiger partial charge on any atom is 0.291 e. The molecule has 0 saturated heterocycles. The molecule has 0 atom stereocenters. The van der Waals surface area contributed by atoms with E-state index in [0.717, 1.165) is 22.4 Å². The summed E-state index contributed by atoms with van der Waals surface area (Å²) in [6.07, 6.45) is 1.86. The molecule has 0 aliphatic rings. The number of nitrogens with zero attached hydrogens (tertiary/aromatic N) is 3. The molecule has 6 heteroatoms. The van der Waals surface area contributed by atoms with Crippen LogP contribution in [0.25, 0.3) is 22.4 Å². The summed E-state index contributed by atoms with van der Waals surface area (Å²) >= 11 is 1.34. The van der Waals surface area contributed by atoms with Crippen LogP contribution in [-0.4, -0.2) is 14.6 Å². The van der Waals surface area contributed by atoms with Crippen LogP contribution in [0, 0.1) is 6.92 Å². The van der Waals surface area contributed by atoms with E-state index >= 15 is 0 Å². The predicted octanol–water partition coefficient (Wildman–Crippen LogP) is 4.25. The van der Waals surface area contributed by atoms with Crippen LogP contribution < -0.4 is 14.8 Å². The molecule has 31 heavy (non-hydrogen) atoms. The van der Waals surface area contributed by atoms with Gasteiger partial charge in [-0.2, -0.15) is 9.50 Å². The highest BCUT2D eigenvalue weighted by Gasteiger charge is 2.11. The van der Waals surface area contributed by atoms with Gasteiger partial charge in [-0.3, -0.25) is 4.79 Å². The normalized spacial score (nSPS) is 11.8. The van der Waals surface area contributed by atoms with Crippen molar-refractivity contribution in [1.82, 2.24) is 14.6 Å². The Morgan fingerprint density at radius 1 is 0.968 bits per heavy atom. The first-order valence-corrected chi connectivity index (χ1v) is 10.7. The molecule has 5 rings (SSSR count). The molecular weight excluding hydrogens is 406 g/mol. The molecule has 2 aromatic heterocycles. The van der Waals surface area contributed by atoms with E-state index in [4.69, 9.17) is 4.74 Å². The molecule has 0 spiro atoms. The van der Waals surface area contributed by atoms with E-state index in [9.17, 15) is 4.79 Å². The molecule has 0 N–H and O–H groups in total. The third kappa shape index (κ3) is 4.11. The molecule has 5 aromatic rings. The Morgan fingerprint density at radius 3 is 2.42 bits per heavy atom.